The first-order valence-corrected chi connectivity index (χ1v) is 4.39. The van der Waals surface area contributed by atoms with Gasteiger partial charge in [0.2, 0.25) is 5.28 Å². The zero-order valence-electron chi connectivity index (χ0n) is 6.94. The first-order chi connectivity index (χ1) is 6.33. The molecule has 0 bridgehead atoms. The molecule has 2 N–H and O–H groups in total. The van der Waals surface area contributed by atoms with E-state index in [-0.39, 0.29) is 0 Å². The maximum Gasteiger partial charge on any atom is 0.229 e. The fourth-order valence-electron chi connectivity index (χ4n) is 1.31. The highest BCUT2D eigenvalue weighted by molar-refractivity contribution is 6.28. The molecule has 2 rings (SSSR count). The van der Waals surface area contributed by atoms with Crippen LogP contribution in [0.1, 0.15) is 5.69 Å². The highest BCUT2D eigenvalue weighted by Gasteiger charge is 2.05. The first-order valence-electron chi connectivity index (χ1n) is 4.01. The predicted molar refractivity (Wildman–Crippen MR) is 50.8 cm³/mol. The van der Waals surface area contributed by atoms with E-state index in [1.165, 1.54) is 0 Å². The second-order valence-corrected chi connectivity index (χ2v) is 3.06. The highest BCUT2D eigenvalue weighted by Crippen LogP contribution is 2.12. The van der Waals surface area contributed by atoms with E-state index in [0.717, 1.165) is 17.8 Å². The predicted octanol–water partition coefficient (Wildman–Crippen LogP) is 0.884. The number of rotatable bonds is 2. The summed E-state index contributed by atoms with van der Waals surface area (Å²) in [6.07, 6.45) is 0.773. The average Bonchev–Trinajstić information content (AvgIpc) is 2.50. The minimum absolute atomic E-state index is 0.388. The number of fused-ring (bicyclic) bond motifs is 1. The lowest BCUT2D eigenvalue weighted by atomic mass is 10.2. The summed E-state index contributed by atoms with van der Waals surface area (Å²) in [7, 11) is 0. The van der Waals surface area contributed by atoms with Gasteiger partial charge in [0.1, 0.15) is 0 Å². The molecule has 0 amide bonds. The van der Waals surface area contributed by atoms with E-state index in [1.54, 1.807) is 4.40 Å². The largest absolute Gasteiger partial charge is 0.330 e. The molecule has 13 heavy (non-hydrogen) atoms. The molecule has 0 aliphatic rings. The number of hydrogen-bond donors (Lipinski definition) is 1. The molecule has 0 radical (unpaired) electrons. The summed E-state index contributed by atoms with van der Waals surface area (Å²) in [5, 5.41) is 8.07. The molecule has 0 saturated carbocycles. The number of hydrogen-bond acceptors (Lipinski definition) is 3. The molecule has 4 nitrogen and oxygen atoms in total. The molecule has 0 aliphatic carbocycles. The standard InChI is InChI=1S/C8H9ClN4/c9-8-12-11-7-3-1-2-6(4-5-10)13(7)8/h1-3H,4-5,10H2. The SMILES string of the molecule is NCCc1cccc2nnc(Cl)n12. The molecule has 0 spiro atoms. The molecule has 0 aliphatic heterocycles. The molecule has 2 aromatic heterocycles. The van der Waals surface area contributed by atoms with Crippen molar-refractivity contribution in [2.75, 3.05) is 6.54 Å². The number of halogens is 1. The van der Waals surface area contributed by atoms with Gasteiger partial charge in [-0.25, -0.2) is 0 Å². The molecule has 0 saturated heterocycles. The quantitative estimate of drug-likeness (QED) is 0.776. The summed E-state index contributed by atoms with van der Waals surface area (Å²) in [6, 6.07) is 5.75. The first kappa shape index (κ1) is 8.47. The van der Waals surface area contributed by atoms with Crippen molar-refractivity contribution in [1.29, 1.82) is 0 Å². The van der Waals surface area contributed by atoms with Crippen LogP contribution >= 0.6 is 11.6 Å². The molecule has 68 valence electrons. The summed E-state index contributed by atoms with van der Waals surface area (Å²) in [4.78, 5) is 0. The van der Waals surface area contributed by atoms with Crippen molar-refractivity contribution in [3.05, 3.63) is 29.2 Å². The van der Waals surface area contributed by atoms with Crippen LogP contribution < -0.4 is 5.73 Å². The Morgan fingerprint density at radius 1 is 1.38 bits per heavy atom. The normalized spacial score (nSPS) is 10.9. The van der Waals surface area contributed by atoms with Crippen molar-refractivity contribution < 1.29 is 0 Å². The Morgan fingerprint density at radius 2 is 2.23 bits per heavy atom. The number of nitrogens with zero attached hydrogens (tertiary/aromatic N) is 3. The minimum atomic E-state index is 0.388. The van der Waals surface area contributed by atoms with Gasteiger partial charge in [-0.05, 0) is 30.3 Å². The second-order valence-electron chi connectivity index (χ2n) is 2.72. The minimum Gasteiger partial charge on any atom is -0.330 e. The van der Waals surface area contributed by atoms with E-state index in [0.29, 0.717) is 11.8 Å². The Kier molecular flexibility index (Phi) is 2.16. The topological polar surface area (TPSA) is 56.2 Å². The van der Waals surface area contributed by atoms with Crippen molar-refractivity contribution in [3.8, 4) is 0 Å². The van der Waals surface area contributed by atoms with Crippen molar-refractivity contribution in [2.45, 2.75) is 6.42 Å². The summed E-state index contributed by atoms with van der Waals surface area (Å²) >= 11 is 5.86. The zero-order valence-corrected chi connectivity index (χ0v) is 7.70. The Balaban J connectivity index is 2.65. The van der Waals surface area contributed by atoms with Gasteiger partial charge in [0.05, 0.1) is 0 Å². The molecular formula is C8H9ClN4. The molecule has 2 aromatic rings. The third-order valence-electron chi connectivity index (χ3n) is 1.87. The molecule has 0 unspecified atom stereocenters. The lowest BCUT2D eigenvalue weighted by Crippen LogP contribution is -2.06. The van der Waals surface area contributed by atoms with Gasteiger partial charge in [-0.1, -0.05) is 6.07 Å². The van der Waals surface area contributed by atoms with Crippen molar-refractivity contribution >= 4 is 17.2 Å². The van der Waals surface area contributed by atoms with Crippen molar-refractivity contribution in [1.82, 2.24) is 14.6 Å². The molecular weight excluding hydrogens is 188 g/mol. The average molecular weight is 197 g/mol. The smallest absolute Gasteiger partial charge is 0.229 e. The molecule has 5 heteroatoms. The van der Waals surface area contributed by atoms with E-state index in [4.69, 9.17) is 17.3 Å². The highest BCUT2D eigenvalue weighted by atomic mass is 35.5. The van der Waals surface area contributed by atoms with Crippen LogP contribution in [0.2, 0.25) is 5.28 Å². The van der Waals surface area contributed by atoms with Crippen LogP contribution in [0, 0.1) is 0 Å². The van der Waals surface area contributed by atoms with Crippen molar-refractivity contribution in [3.63, 3.8) is 0 Å². The van der Waals surface area contributed by atoms with Crippen LogP contribution in [-0.2, 0) is 6.42 Å². The van der Waals surface area contributed by atoms with Crippen LogP contribution in [0.5, 0.6) is 0 Å². The number of pyridine rings is 1. The fraction of sp³-hybridized carbons (Fsp3) is 0.250. The van der Waals surface area contributed by atoms with Gasteiger partial charge in [-0.15, -0.1) is 10.2 Å². The van der Waals surface area contributed by atoms with Gasteiger partial charge < -0.3 is 5.73 Å². The zero-order chi connectivity index (χ0) is 9.26. The Hall–Kier alpha value is -1.13. The van der Waals surface area contributed by atoms with Gasteiger partial charge in [0.15, 0.2) is 5.65 Å². The van der Waals surface area contributed by atoms with E-state index in [2.05, 4.69) is 10.2 Å². The van der Waals surface area contributed by atoms with E-state index >= 15 is 0 Å². The van der Waals surface area contributed by atoms with Gasteiger partial charge in [-0.3, -0.25) is 4.40 Å². The van der Waals surface area contributed by atoms with E-state index in [1.807, 2.05) is 18.2 Å². The van der Waals surface area contributed by atoms with Crippen LogP contribution in [0.25, 0.3) is 5.65 Å². The van der Waals surface area contributed by atoms with Gasteiger partial charge in [0.25, 0.3) is 0 Å². The fourth-order valence-corrected chi connectivity index (χ4v) is 1.55. The van der Waals surface area contributed by atoms with Crippen LogP contribution in [0.15, 0.2) is 18.2 Å². The maximum absolute atomic E-state index is 5.86. The Bertz CT molecular complexity index is 423. The summed E-state index contributed by atoms with van der Waals surface area (Å²) in [6.45, 7) is 0.591. The molecule has 0 fully saturated rings. The van der Waals surface area contributed by atoms with E-state index < -0.39 is 0 Å². The summed E-state index contributed by atoms with van der Waals surface area (Å²) in [5.41, 5.74) is 7.27. The summed E-state index contributed by atoms with van der Waals surface area (Å²) < 4.78 is 1.80. The number of nitrogens with two attached hydrogens (primary N) is 1. The van der Waals surface area contributed by atoms with Crippen molar-refractivity contribution in [2.24, 2.45) is 5.73 Å². The monoisotopic (exact) mass is 196 g/mol. The van der Waals surface area contributed by atoms with Crippen LogP contribution in [0.3, 0.4) is 0 Å². The van der Waals surface area contributed by atoms with Crippen LogP contribution in [0.4, 0.5) is 0 Å². The molecule has 0 aromatic carbocycles. The van der Waals surface area contributed by atoms with Gasteiger partial charge in [-0.2, -0.15) is 0 Å². The molecule has 2 heterocycles. The van der Waals surface area contributed by atoms with Crippen LogP contribution in [-0.4, -0.2) is 21.1 Å². The third kappa shape index (κ3) is 1.38. The third-order valence-corrected chi connectivity index (χ3v) is 2.11. The molecule has 0 atom stereocenters. The van der Waals surface area contributed by atoms with Gasteiger partial charge >= 0.3 is 0 Å². The lowest BCUT2D eigenvalue weighted by Gasteiger charge is -2.02. The lowest BCUT2D eigenvalue weighted by molar-refractivity contribution is 0.893. The summed E-state index contributed by atoms with van der Waals surface area (Å²) in [5.74, 6) is 0. The Labute approximate surface area is 80.3 Å². The van der Waals surface area contributed by atoms with E-state index in [9.17, 15) is 0 Å². The van der Waals surface area contributed by atoms with Gasteiger partial charge in [0, 0.05) is 12.1 Å². The second kappa shape index (κ2) is 3.32. The maximum atomic E-state index is 5.86. The Morgan fingerprint density at radius 3 is 3.00 bits per heavy atom. The number of aromatic nitrogens is 3.